The van der Waals surface area contributed by atoms with Gasteiger partial charge in [0.15, 0.2) is 0 Å². The standard InChI is InChI=1S/C21H23N3O2.C2HF3O2/c25-20(26-11-16-5-2-1-3-6-16)24-10-9-17-18(7-4-8-19(17)24)23-14-21(15-23)12-22-13-21;3-2(4,5)1(6)7/h1-8,22H,9-15H2;(H,6,7). The average molecular weight is 463 g/mol. The van der Waals surface area contributed by atoms with Crippen molar-refractivity contribution >= 4 is 23.4 Å². The molecular weight excluding hydrogens is 439 g/mol. The predicted molar refractivity (Wildman–Crippen MR) is 115 cm³/mol. The van der Waals surface area contributed by atoms with E-state index in [4.69, 9.17) is 14.6 Å². The molecule has 2 aromatic carbocycles. The van der Waals surface area contributed by atoms with Gasteiger partial charge in [-0.2, -0.15) is 13.2 Å². The number of anilines is 2. The summed E-state index contributed by atoms with van der Waals surface area (Å²) in [6.07, 6.45) is -4.44. The number of hydrogen-bond donors (Lipinski definition) is 2. The van der Waals surface area contributed by atoms with Gasteiger partial charge in [0.25, 0.3) is 0 Å². The van der Waals surface area contributed by atoms with Crippen LogP contribution < -0.4 is 15.1 Å². The third-order valence-corrected chi connectivity index (χ3v) is 6.06. The number of alkyl halides is 3. The number of hydrogen-bond acceptors (Lipinski definition) is 5. The van der Waals surface area contributed by atoms with Crippen LogP contribution in [0.5, 0.6) is 0 Å². The summed E-state index contributed by atoms with van der Waals surface area (Å²) < 4.78 is 37.3. The molecule has 3 aliphatic rings. The number of rotatable bonds is 3. The van der Waals surface area contributed by atoms with E-state index in [1.165, 1.54) is 11.3 Å². The second kappa shape index (κ2) is 8.93. The van der Waals surface area contributed by atoms with Crippen LogP contribution in [0.1, 0.15) is 11.1 Å². The monoisotopic (exact) mass is 463 g/mol. The van der Waals surface area contributed by atoms with Gasteiger partial charge in [0.1, 0.15) is 6.61 Å². The van der Waals surface area contributed by atoms with E-state index in [0.717, 1.165) is 43.9 Å². The van der Waals surface area contributed by atoms with Gasteiger partial charge in [-0.25, -0.2) is 9.59 Å². The normalized spacial score (nSPS) is 17.9. The average Bonchev–Trinajstić information content (AvgIpc) is 3.15. The molecule has 33 heavy (non-hydrogen) atoms. The van der Waals surface area contributed by atoms with Gasteiger partial charge in [-0.3, -0.25) is 4.90 Å². The molecule has 0 aliphatic carbocycles. The minimum atomic E-state index is -5.08. The van der Waals surface area contributed by atoms with Crippen molar-refractivity contribution < 1.29 is 32.6 Å². The fourth-order valence-electron chi connectivity index (χ4n) is 4.33. The lowest BCUT2D eigenvalue weighted by Gasteiger charge is -2.57. The zero-order valence-corrected chi connectivity index (χ0v) is 17.8. The maximum atomic E-state index is 12.6. The largest absolute Gasteiger partial charge is 0.490 e. The Bertz CT molecular complexity index is 1020. The highest BCUT2D eigenvalue weighted by molar-refractivity contribution is 5.92. The van der Waals surface area contributed by atoms with Crippen LogP contribution in [0.3, 0.4) is 0 Å². The van der Waals surface area contributed by atoms with Gasteiger partial charge >= 0.3 is 18.2 Å². The first-order valence-electron chi connectivity index (χ1n) is 10.5. The molecular formula is C23H24F3N3O4. The Morgan fingerprint density at radius 1 is 1.03 bits per heavy atom. The van der Waals surface area contributed by atoms with E-state index in [2.05, 4.69) is 22.3 Å². The Morgan fingerprint density at radius 2 is 1.67 bits per heavy atom. The van der Waals surface area contributed by atoms with E-state index in [9.17, 15) is 18.0 Å². The number of carboxylic acids is 1. The number of aliphatic carboxylic acids is 1. The van der Waals surface area contributed by atoms with Crippen molar-refractivity contribution in [2.75, 3.05) is 42.5 Å². The Hall–Kier alpha value is -3.27. The molecule has 0 saturated carbocycles. The number of fused-ring (bicyclic) bond motifs is 1. The molecule has 2 aromatic rings. The summed E-state index contributed by atoms with van der Waals surface area (Å²) >= 11 is 0. The summed E-state index contributed by atoms with van der Waals surface area (Å²) in [7, 11) is 0. The van der Waals surface area contributed by atoms with Crippen molar-refractivity contribution in [2.24, 2.45) is 5.41 Å². The lowest BCUT2D eigenvalue weighted by molar-refractivity contribution is -0.192. The van der Waals surface area contributed by atoms with Crippen LogP contribution in [0.25, 0.3) is 0 Å². The fraction of sp³-hybridized carbons (Fsp3) is 0.391. The first-order valence-corrected chi connectivity index (χ1v) is 10.5. The summed E-state index contributed by atoms with van der Waals surface area (Å²) in [6.45, 7) is 5.52. The molecule has 10 heteroatoms. The maximum absolute atomic E-state index is 12.6. The number of carbonyl (C=O) groups is 2. The van der Waals surface area contributed by atoms with Crippen molar-refractivity contribution in [3.05, 3.63) is 59.7 Å². The molecule has 0 unspecified atom stereocenters. The van der Waals surface area contributed by atoms with Crippen molar-refractivity contribution in [3.8, 4) is 0 Å². The maximum Gasteiger partial charge on any atom is 0.490 e. The van der Waals surface area contributed by atoms with Crippen LogP contribution in [0, 0.1) is 5.41 Å². The second-order valence-corrected chi connectivity index (χ2v) is 8.48. The summed E-state index contributed by atoms with van der Waals surface area (Å²) in [6, 6.07) is 16.1. The number of nitrogens with one attached hydrogen (secondary N) is 1. The van der Waals surface area contributed by atoms with Crippen LogP contribution in [0.4, 0.5) is 29.3 Å². The van der Waals surface area contributed by atoms with Gasteiger partial charge in [0.2, 0.25) is 0 Å². The lowest BCUT2D eigenvalue weighted by Crippen LogP contribution is -2.71. The van der Waals surface area contributed by atoms with E-state index in [-0.39, 0.29) is 6.09 Å². The Morgan fingerprint density at radius 3 is 2.24 bits per heavy atom. The van der Waals surface area contributed by atoms with E-state index in [0.29, 0.717) is 18.6 Å². The number of benzene rings is 2. The van der Waals surface area contributed by atoms with Gasteiger partial charge in [-0.05, 0) is 24.1 Å². The van der Waals surface area contributed by atoms with Crippen molar-refractivity contribution in [1.82, 2.24) is 5.32 Å². The van der Waals surface area contributed by atoms with E-state index < -0.39 is 12.1 Å². The highest BCUT2D eigenvalue weighted by atomic mass is 19.4. The number of nitrogens with zero attached hydrogens (tertiary/aromatic N) is 2. The number of carbonyl (C=O) groups excluding carboxylic acids is 1. The zero-order chi connectivity index (χ0) is 23.6. The van der Waals surface area contributed by atoms with Crippen LogP contribution in [0.2, 0.25) is 0 Å². The molecule has 2 fully saturated rings. The van der Waals surface area contributed by atoms with Crippen molar-refractivity contribution in [2.45, 2.75) is 19.2 Å². The molecule has 0 bridgehead atoms. The Labute approximate surface area is 188 Å². The SMILES string of the molecule is O=C(O)C(F)(F)F.O=C(OCc1ccccc1)N1CCc2c(N3CC4(CNC4)C3)cccc21. The molecule has 1 amide bonds. The van der Waals surface area contributed by atoms with Gasteiger partial charge in [0, 0.05) is 49.4 Å². The number of ether oxygens (including phenoxy) is 1. The van der Waals surface area contributed by atoms with Gasteiger partial charge in [-0.1, -0.05) is 36.4 Å². The molecule has 0 aromatic heterocycles. The summed E-state index contributed by atoms with van der Waals surface area (Å²) in [4.78, 5) is 25.7. The van der Waals surface area contributed by atoms with Gasteiger partial charge in [0.05, 0.1) is 5.69 Å². The smallest absolute Gasteiger partial charge is 0.475 e. The first kappa shape index (κ1) is 22.9. The minimum Gasteiger partial charge on any atom is -0.475 e. The van der Waals surface area contributed by atoms with Crippen LogP contribution >= 0.6 is 0 Å². The minimum absolute atomic E-state index is 0.256. The molecule has 176 valence electrons. The van der Waals surface area contributed by atoms with Crippen molar-refractivity contribution in [3.63, 3.8) is 0 Å². The summed E-state index contributed by atoms with van der Waals surface area (Å²) in [5.41, 5.74) is 5.09. The number of halogens is 3. The predicted octanol–water partition coefficient (Wildman–Crippen LogP) is 3.43. The molecule has 3 heterocycles. The molecule has 1 spiro atoms. The Balaban J connectivity index is 0.000000325. The second-order valence-electron chi connectivity index (χ2n) is 8.48. The quantitative estimate of drug-likeness (QED) is 0.726. The summed E-state index contributed by atoms with van der Waals surface area (Å²) in [5, 5.41) is 10.5. The third-order valence-electron chi connectivity index (χ3n) is 6.06. The lowest BCUT2D eigenvalue weighted by atomic mass is 9.74. The fourth-order valence-corrected chi connectivity index (χ4v) is 4.33. The van der Waals surface area contributed by atoms with Crippen LogP contribution in [-0.4, -0.2) is 56.1 Å². The first-order chi connectivity index (χ1) is 15.7. The topological polar surface area (TPSA) is 82.1 Å². The molecule has 0 atom stereocenters. The number of amides is 1. The number of carboxylic acid groups (broad SMARTS) is 1. The molecule has 0 radical (unpaired) electrons. The van der Waals surface area contributed by atoms with E-state index in [1.54, 1.807) is 4.90 Å². The Kier molecular flexibility index (Phi) is 6.20. The molecule has 5 rings (SSSR count). The van der Waals surface area contributed by atoms with Gasteiger partial charge in [-0.15, -0.1) is 0 Å². The van der Waals surface area contributed by atoms with Crippen LogP contribution in [0.15, 0.2) is 48.5 Å². The molecule has 3 aliphatic heterocycles. The third kappa shape index (κ3) is 4.90. The molecule has 7 nitrogen and oxygen atoms in total. The van der Waals surface area contributed by atoms with E-state index in [1.807, 2.05) is 36.4 Å². The summed E-state index contributed by atoms with van der Waals surface area (Å²) in [5.74, 6) is -2.76. The van der Waals surface area contributed by atoms with Crippen LogP contribution in [-0.2, 0) is 22.6 Å². The highest BCUT2D eigenvalue weighted by Crippen LogP contribution is 2.42. The van der Waals surface area contributed by atoms with Crippen molar-refractivity contribution in [1.29, 1.82) is 0 Å². The molecule has 2 N–H and O–H groups in total. The van der Waals surface area contributed by atoms with Gasteiger partial charge < -0.3 is 20.1 Å². The zero-order valence-electron chi connectivity index (χ0n) is 17.8. The highest BCUT2D eigenvalue weighted by Gasteiger charge is 2.48. The molecule has 2 saturated heterocycles. The van der Waals surface area contributed by atoms with E-state index >= 15 is 0 Å².